The third kappa shape index (κ3) is 3.75. The zero-order valence-corrected chi connectivity index (χ0v) is 13.4. The molecule has 1 N–H and O–H groups in total. The maximum atomic E-state index is 12.3. The molecule has 122 valence electrons. The Hall–Kier alpha value is -3.22. The molecule has 0 bridgehead atoms. The van der Waals surface area contributed by atoms with E-state index in [1.807, 2.05) is 31.2 Å². The van der Waals surface area contributed by atoms with Gasteiger partial charge in [0.2, 0.25) is 5.89 Å². The lowest BCUT2D eigenvalue weighted by atomic mass is 10.2. The maximum Gasteiger partial charge on any atom is 0.321 e. The van der Waals surface area contributed by atoms with Gasteiger partial charge in [0.1, 0.15) is 5.76 Å². The molecule has 0 saturated carbocycles. The second kappa shape index (κ2) is 6.91. The lowest BCUT2D eigenvalue weighted by molar-refractivity contribution is 0.220. The Morgan fingerprint density at radius 3 is 2.83 bits per heavy atom. The zero-order chi connectivity index (χ0) is 16.9. The van der Waals surface area contributed by atoms with Crippen molar-refractivity contribution in [1.29, 1.82) is 0 Å². The number of nitrogens with zero attached hydrogens (tertiary/aromatic N) is 4. The van der Waals surface area contributed by atoms with Crippen LogP contribution in [0.3, 0.4) is 0 Å². The van der Waals surface area contributed by atoms with Gasteiger partial charge in [-0.15, -0.1) is 0 Å². The van der Waals surface area contributed by atoms with Crippen molar-refractivity contribution in [1.82, 2.24) is 19.9 Å². The first kappa shape index (κ1) is 15.7. The molecule has 0 aliphatic rings. The summed E-state index contributed by atoms with van der Waals surface area (Å²) >= 11 is 0. The van der Waals surface area contributed by atoms with Gasteiger partial charge in [0.15, 0.2) is 0 Å². The lowest BCUT2D eigenvalue weighted by Gasteiger charge is -2.17. The summed E-state index contributed by atoms with van der Waals surface area (Å²) in [5.41, 5.74) is 2.19. The van der Waals surface area contributed by atoms with Gasteiger partial charge in [-0.05, 0) is 25.1 Å². The minimum Gasteiger partial charge on any atom is -0.441 e. The summed E-state index contributed by atoms with van der Waals surface area (Å²) < 4.78 is 5.51. The number of aromatic nitrogens is 3. The van der Waals surface area contributed by atoms with E-state index in [0.29, 0.717) is 18.1 Å². The molecule has 0 radical (unpaired) electrons. The number of carbonyl (C=O) groups is 1. The van der Waals surface area contributed by atoms with Crippen molar-refractivity contribution >= 4 is 11.7 Å². The monoisotopic (exact) mass is 323 g/mol. The van der Waals surface area contributed by atoms with Crippen molar-refractivity contribution in [2.24, 2.45) is 0 Å². The molecule has 3 aromatic rings. The molecule has 2 heterocycles. The van der Waals surface area contributed by atoms with Gasteiger partial charge >= 0.3 is 6.03 Å². The number of anilines is 1. The van der Waals surface area contributed by atoms with Gasteiger partial charge in [-0.2, -0.15) is 0 Å². The minimum atomic E-state index is -0.235. The average molecular weight is 323 g/mol. The van der Waals surface area contributed by atoms with Gasteiger partial charge in [0, 0.05) is 30.7 Å². The molecule has 2 aromatic heterocycles. The third-order valence-corrected chi connectivity index (χ3v) is 3.34. The number of urea groups is 1. The predicted molar refractivity (Wildman–Crippen MR) is 89.2 cm³/mol. The first-order valence-electron chi connectivity index (χ1n) is 7.42. The Labute approximate surface area is 139 Å². The summed E-state index contributed by atoms with van der Waals surface area (Å²) in [6.07, 6.45) is 6.49. The molecule has 3 rings (SSSR count). The van der Waals surface area contributed by atoms with Crippen molar-refractivity contribution in [3.8, 4) is 11.5 Å². The van der Waals surface area contributed by atoms with E-state index < -0.39 is 0 Å². The van der Waals surface area contributed by atoms with Crippen LogP contribution in [-0.4, -0.2) is 32.9 Å². The fourth-order valence-corrected chi connectivity index (χ4v) is 2.16. The second-order valence-corrected chi connectivity index (χ2v) is 5.34. The third-order valence-electron chi connectivity index (χ3n) is 3.34. The summed E-state index contributed by atoms with van der Waals surface area (Å²) in [4.78, 5) is 26.2. The van der Waals surface area contributed by atoms with Crippen LogP contribution in [0.5, 0.6) is 0 Å². The van der Waals surface area contributed by atoms with Crippen LogP contribution in [0.15, 0.2) is 53.5 Å². The molecule has 24 heavy (non-hydrogen) atoms. The highest BCUT2D eigenvalue weighted by Crippen LogP contribution is 2.22. The molecule has 0 aliphatic carbocycles. The summed E-state index contributed by atoms with van der Waals surface area (Å²) in [7, 11) is 1.70. The van der Waals surface area contributed by atoms with Crippen molar-refractivity contribution in [2.75, 3.05) is 12.4 Å². The van der Waals surface area contributed by atoms with E-state index >= 15 is 0 Å². The fourth-order valence-electron chi connectivity index (χ4n) is 2.16. The fraction of sp³-hybridized carbons (Fsp3) is 0.176. The van der Waals surface area contributed by atoms with Crippen LogP contribution in [0.1, 0.15) is 11.5 Å². The van der Waals surface area contributed by atoms with Crippen LogP contribution >= 0.6 is 0 Å². The van der Waals surface area contributed by atoms with Crippen LogP contribution in [0.2, 0.25) is 0 Å². The highest BCUT2D eigenvalue weighted by atomic mass is 16.4. The number of nitrogens with one attached hydrogen (secondary N) is 1. The van der Waals surface area contributed by atoms with Crippen molar-refractivity contribution in [2.45, 2.75) is 13.5 Å². The standard InChI is InChI=1S/C17H17N5O2/c1-12-9-20-16(24-12)13-4-3-5-14(8-13)21-17(23)22(2)11-15-10-18-6-7-19-15/h3-10H,11H2,1-2H3,(H,21,23). The Morgan fingerprint density at radius 2 is 2.12 bits per heavy atom. The molecule has 7 nitrogen and oxygen atoms in total. The number of carbonyl (C=O) groups excluding carboxylic acids is 1. The summed E-state index contributed by atoms with van der Waals surface area (Å²) in [5.74, 6) is 1.26. The van der Waals surface area contributed by atoms with E-state index in [0.717, 1.165) is 17.0 Å². The number of aryl methyl sites for hydroxylation is 1. The van der Waals surface area contributed by atoms with E-state index in [-0.39, 0.29) is 6.03 Å². The average Bonchev–Trinajstić information content (AvgIpc) is 3.02. The van der Waals surface area contributed by atoms with E-state index in [9.17, 15) is 4.79 Å². The summed E-state index contributed by atoms with van der Waals surface area (Å²) in [5, 5.41) is 2.85. The van der Waals surface area contributed by atoms with Gasteiger partial charge in [0.05, 0.1) is 24.6 Å². The minimum absolute atomic E-state index is 0.235. The smallest absolute Gasteiger partial charge is 0.321 e. The number of benzene rings is 1. The number of oxazole rings is 1. The van der Waals surface area contributed by atoms with Crippen molar-refractivity contribution < 1.29 is 9.21 Å². The van der Waals surface area contributed by atoms with E-state index in [2.05, 4.69) is 20.3 Å². The van der Waals surface area contributed by atoms with Gasteiger partial charge in [-0.3, -0.25) is 9.97 Å². The largest absolute Gasteiger partial charge is 0.441 e. The zero-order valence-electron chi connectivity index (χ0n) is 13.4. The number of hydrogen-bond donors (Lipinski definition) is 1. The molecule has 7 heteroatoms. The first-order chi connectivity index (χ1) is 11.6. The molecule has 0 saturated heterocycles. The van der Waals surface area contributed by atoms with Crippen LogP contribution in [-0.2, 0) is 6.54 Å². The van der Waals surface area contributed by atoms with Gasteiger partial charge < -0.3 is 14.6 Å². The van der Waals surface area contributed by atoms with E-state index in [1.165, 1.54) is 4.90 Å². The van der Waals surface area contributed by atoms with Crippen LogP contribution in [0, 0.1) is 6.92 Å². The van der Waals surface area contributed by atoms with Gasteiger partial charge in [-0.1, -0.05) is 6.07 Å². The van der Waals surface area contributed by atoms with Crippen LogP contribution in [0.4, 0.5) is 10.5 Å². The SMILES string of the molecule is Cc1cnc(-c2cccc(NC(=O)N(C)Cc3cnccn3)c2)o1. The number of rotatable bonds is 4. The molecule has 2 amide bonds. The van der Waals surface area contributed by atoms with Crippen LogP contribution < -0.4 is 5.32 Å². The topological polar surface area (TPSA) is 84.2 Å². The van der Waals surface area contributed by atoms with Crippen molar-refractivity contribution in [3.05, 3.63) is 60.5 Å². The Balaban J connectivity index is 1.68. The predicted octanol–water partition coefficient (Wildman–Crippen LogP) is 3.10. The Bertz CT molecular complexity index is 832. The number of hydrogen-bond acceptors (Lipinski definition) is 5. The molecule has 1 aromatic carbocycles. The van der Waals surface area contributed by atoms with Gasteiger partial charge in [0.25, 0.3) is 0 Å². The van der Waals surface area contributed by atoms with E-state index in [1.54, 1.807) is 31.8 Å². The Morgan fingerprint density at radius 1 is 1.25 bits per heavy atom. The van der Waals surface area contributed by atoms with Crippen LogP contribution in [0.25, 0.3) is 11.5 Å². The molecule has 0 fully saturated rings. The maximum absolute atomic E-state index is 12.3. The van der Waals surface area contributed by atoms with Crippen molar-refractivity contribution in [3.63, 3.8) is 0 Å². The quantitative estimate of drug-likeness (QED) is 0.797. The highest BCUT2D eigenvalue weighted by Gasteiger charge is 2.11. The molecule has 0 unspecified atom stereocenters. The summed E-state index contributed by atoms with van der Waals surface area (Å²) in [6, 6.07) is 7.12. The Kier molecular flexibility index (Phi) is 4.51. The molecule has 0 spiro atoms. The highest BCUT2D eigenvalue weighted by molar-refractivity contribution is 5.89. The molecule has 0 aliphatic heterocycles. The molecular weight excluding hydrogens is 306 g/mol. The lowest BCUT2D eigenvalue weighted by Crippen LogP contribution is -2.31. The number of amides is 2. The van der Waals surface area contributed by atoms with E-state index in [4.69, 9.17) is 4.42 Å². The summed E-state index contributed by atoms with van der Waals surface area (Å²) in [6.45, 7) is 2.21. The first-order valence-corrected chi connectivity index (χ1v) is 7.42. The molecular formula is C17H17N5O2. The second-order valence-electron chi connectivity index (χ2n) is 5.34. The molecule has 0 atom stereocenters. The van der Waals surface area contributed by atoms with Gasteiger partial charge in [-0.25, -0.2) is 9.78 Å². The normalized spacial score (nSPS) is 10.4.